The Balaban J connectivity index is 1.87. The molecule has 0 spiro atoms. The molecule has 2 fully saturated rings. The minimum atomic E-state index is -0.441. The lowest BCUT2D eigenvalue weighted by Crippen LogP contribution is -2.54. The third kappa shape index (κ3) is 4.14. The molecule has 18 heavy (non-hydrogen) atoms. The molecule has 104 valence electrons. The van der Waals surface area contributed by atoms with Gasteiger partial charge in [0.1, 0.15) is 5.60 Å². The number of nitrogens with one attached hydrogen (secondary N) is 1. The average Bonchev–Trinajstić information content (AvgIpc) is 3.08. The van der Waals surface area contributed by atoms with E-state index in [4.69, 9.17) is 9.47 Å². The van der Waals surface area contributed by atoms with Gasteiger partial charge in [0.25, 0.3) is 0 Å². The Bertz CT molecular complexity index is 297. The van der Waals surface area contributed by atoms with Crippen LogP contribution in [-0.4, -0.2) is 55.0 Å². The molecule has 0 aromatic carbocycles. The van der Waals surface area contributed by atoms with Crippen LogP contribution in [0.3, 0.4) is 0 Å². The predicted octanol–water partition coefficient (Wildman–Crippen LogP) is 1.37. The molecular formula is C13H24N2O3. The van der Waals surface area contributed by atoms with Crippen molar-refractivity contribution in [2.45, 2.75) is 51.3 Å². The first-order valence-electron chi connectivity index (χ1n) is 6.76. The first-order chi connectivity index (χ1) is 8.46. The predicted molar refractivity (Wildman–Crippen MR) is 68.6 cm³/mol. The van der Waals surface area contributed by atoms with Gasteiger partial charge in [-0.05, 0) is 33.6 Å². The number of ether oxygens (including phenoxy) is 2. The molecule has 1 aliphatic carbocycles. The summed E-state index contributed by atoms with van der Waals surface area (Å²) in [5.74, 6) is 0. The first-order valence-corrected chi connectivity index (χ1v) is 6.76. The van der Waals surface area contributed by atoms with Crippen LogP contribution in [-0.2, 0) is 9.47 Å². The number of hydrogen-bond donors (Lipinski definition) is 1. The molecule has 1 aliphatic heterocycles. The van der Waals surface area contributed by atoms with Crippen molar-refractivity contribution in [2.24, 2.45) is 0 Å². The third-order valence-corrected chi connectivity index (χ3v) is 3.08. The third-order valence-electron chi connectivity index (χ3n) is 3.08. The quantitative estimate of drug-likeness (QED) is 0.828. The Morgan fingerprint density at radius 2 is 2.17 bits per heavy atom. The van der Waals surface area contributed by atoms with E-state index in [1.807, 2.05) is 20.8 Å². The molecule has 1 saturated carbocycles. The van der Waals surface area contributed by atoms with Crippen molar-refractivity contribution in [1.29, 1.82) is 0 Å². The highest BCUT2D eigenvalue weighted by atomic mass is 16.6. The van der Waals surface area contributed by atoms with Crippen LogP contribution in [0.4, 0.5) is 4.79 Å². The zero-order valence-corrected chi connectivity index (χ0v) is 11.6. The molecule has 0 aromatic heterocycles. The molecule has 1 heterocycles. The highest BCUT2D eigenvalue weighted by Gasteiger charge is 2.32. The summed E-state index contributed by atoms with van der Waals surface area (Å²) >= 11 is 0. The molecule has 0 bridgehead atoms. The van der Waals surface area contributed by atoms with Crippen LogP contribution in [0, 0.1) is 0 Å². The summed E-state index contributed by atoms with van der Waals surface area (Å²) in [7, 11) is 0. The normalized spacial score (nSPS) is 25.1. The van der Waals surface area contributed by atoms with E-state index in [9.17, 15) is 4.79 Å². The molecule has 1 saturated heterocycles. The van der Waals surface area contributed by atoms with Crippen molar-refractivity contribution in [3.63, 3.8) is 0 Å². The van der Waals surface area contributed by atoms with Crippen molar-refractivity contribution < 1.29 is 14.3 Å². The van der Waals surface area contributed by atoms with Crippen LogP contribution >= 0.6 is 0 Å². The van der Waals surface area contributed by atoms with Crippen LogP contribution in [0.1, 0.15) is 33.6 Å². The second-order valence-electron chi connectivity index (χ2n) is 6.08. The van der Waals surface area contributed by atoms with E-state index in [1.165, 1.54) is 12.8 Å². The fourth-order valence-electron chi connectivity index (χ4n) is 1.98. The summed E-state index contributed by atoms with van der Waals surface area (Å²) in [5, 5.41) is 3.44. The maximum Gasteiger partial charge on any atom is 0.410 e. The monoisotopic (exact) mass is 256 g/mol. The zero-order chi connectivity index (χ0) is 13.2. The van der Waals surface area contributed by atoms with Gasteiger partial charge in [0.15, 0.2) is 0 Å². The average molecular weight is 256 g/mol. The van der Waals surface area contributed by atoms with E-state index in [0.29, 0.717) is 25.8 Å². The van der Waals surface area contributed by atoms with E-state index in [0.717, 1.165) is 6.54 Å². The van der Waals surface area contributed by atoms with E-state index >= 15 is 0 Å². The van der Waals surface area contributed by atoms with Gasteiger partial charge in [-0.25, -0.2) is 4.79 Å². The topological polar surface area (TPSA) is 50.8 Å². The van der Waals surface area contributed by atoms with Crippen LogP contribution in [0.25, 0.3) is 0 Å². The molecule has 1 N–H and O–H groups in total. The smallest absolute Gasteiger partial charge is 0.410 e. The number of rotatable bonds is 3. The Hall–Kier alpha value is -0.810. The van der Waals surface area contributed by atoms with Crippen LogP contribution < -0.4 is 5.32 Å². The van der Waals surface area contributed by atoms with Gasteiger partial charge in [0, 0.05) is 19.1 Å². The molecule has 1 amide bonds. The van der Waals surface area contributed by atoms with Crippen molar-refractivity contribution in [3.8, 4) is 0 Å². The standard InChI is InChI=1S/C13H24N2O3/c1-13(2,3)18-12(16)15-6-7-17-9-11(15)8-14-10-4-5-10/h10-11,14H,4-9H2,1-3H3. The summed E-state index contributed by atoms with van der Waals surface area (Å²) in [6.07, 6.45) is 2.27. The van der Waals surface area contributed by atoms with Crippen molar-refractivity contribution in [3.05, 3.63) is 0 Å². The number of carbonyl (C=O) groups excluding carboxylic acids is 1. The van der Waals surface area contributed by atoms with E-state index in [2.05, 4.69) is 5.32 Å². The van der Waals surface area contributed by atoms with Crippen molar-refractivity contribution in [2.75, 3.05) is 26.3 Å². The number of carbonyl (C=O) groups is 1. The molecule has 5 heteroatoms. The fourth-order valence-corrected chi connectivity index (χ4v) is 1.98. The Labute approximate surface area is 109 Å². The van der Waals surface area contributed by atoms with Gasteiger partial charge in [-0.3, -0.25) is 4.90 Å². The van der Waals surface area contributed by atoms with Gasteiger partial charge >= 0.3 is 6.09 Å². The summed E-state index contributed by atoms with van der Waals surface area (Å²) in [4.78, 5) is 13.9. The van der Waals surface area contributed by atoms with Gasteiger partial charge in [0.05, 0.1) is 19.3 Å². The van der Waals surface area contributed by atoms with Gasteiger partial charge in [-0.2, -0.15) is 0 Å². The minimum absolute atomic E-state index is 0.0919. The minimum Gasteiger partial charge on any atom is -0.444 e. The molecule has 1 unspecified atom stereocenters. The molecular weight excluding hydrogens is 232 g/mol. The summed E-state index contributed by atoms with van der Waals surface area (Å²) < 4.78 is 10.9. The van der Waals surface area contributed by atoms with Crippen LogP contribution in [0.5, 0.6) is 0 Å². The second-order valence-corrected chi connectivity index (χ2v) is 6.08. The van der Waals surface area contributed by atoms with Gasteiger partial charge in [0.2, 0.25) is 0 Å². The SMILES string of the molecule is CC(C)(C)OC(=O)N1CCOCC1CNC1CC1. The van der Waals surface area contributed by atoms with Gasteiger partial charge in [-0.15, -0.1) is 0 Å². The van der Waals surface area contributed by atoms with Crippen LogP contribution in [0.15, 0.2) is 0 Å². The lowest BCUT2D eigenvalue weighted by atomic mass is 10.2. The number of amides is 1. The lowest BCUT2D eigenvalue weighted by Gasteiger charge is -2.36. The van der Waals surface area contributed by atoms with Gasteiger partial charge in [-0.1, -0.05) is 0 Å². The maximum atomic E-state index is 12.1. The number of morpholine rings is 1. The Morgan fingerprint density at radius 3 is 2.78 bits per heavy atom. The van der Waals surface area contributed by atoms with E-state index in [-0.39, 0.29) is 12.1 Å². The van der Waals surface area contributed by atoms with Crippen molar-refractivity contribution >= 4 is 6.09 Å². The summed E-state index contributed by atoms with van der Waals surface area (Å²) in [5.41, 5.74) is -0.441. The summed E-state index contributed by atoms with van der Waals surface area (Å²) in [6.45, 7) is 8.28. The fraction of sp³-hybridized carbons (Fsp3) is 0.923. The molecule has 0 radical (unpaired) electrons. The maximum absolute atomic E-state index is 12.1. The van der Waals surface area contributed by atoms with Crippen molar-refractivity contribution in [1.82, 2.24) is 10.2 Å². The largest absolute Gasteiger partial charge is 0.444 e. The number of hydrogen-bond acceptors (Lipinski definition) is 4. The lowest BCUT2D eigenvalue weighted by molar-refractivity contribution is -0.0317. The number of nitrogens with zero attached hydrogens (tertiary/aromatic N) is 1. The van der Waals surface area contributed by atoms with Gasteiger partial charge < -0.3 is 14.8 Å². The van der Waals surface area contributed by atoms with Crippen LogP contribution in [0.2, 0.25) is 0 Å². The summed E-state index contributed by atoms with van der Waals surface area (Å²) in [6, 6.07) is 0.738. The highest BCUT2D eigenvalue weighted by Crippen LogP contribution is 2.20. The first kappa shape index (κ1) is 13.6. The molecule has 2 rings (SSSR count). The molecule has 1 atom stereocenters. The Morgan fingerprint density at radius 1 is 1.44 bits per heavy atom. The van der Waals surface area contributed by atoms with E-state index < -0.39 is 5.60 Å². The highest BCUT2D eigenvalue weighted by molar-refractivity contribution is 5.68. The zero-order valence-electron chi connectivity index (χ0n) is 11.6. The molecule has 5 nitrogen and oxygen atoms in total. The Kier molecular flexibility index (Phi) is 4.12. The van der Waals surface area contributed by atoms with E-state index in [1.54, 1.807) is 4.90 Å². The second kappa shape index (κ2) is 5.45. The molecule has 0 aromatic rings. The molecule has 2 aliphatic rings.